The third-order valence-electron chi connectivity index (χ3n) is 3.51. The van der Waals surface area contributed by atoms with Crippen LogP contribution in [0.4, 0.5) is 17.5 Å². The van der Waals surface area contributed by atoms with Crippen LogP contribution in [0.5, 0.6) is 0 Å². The first kappa shape index (κ1) is 21.1. The van der Waals surface area contributed by atoms with E-state index >= 15 is 0 Å². The minimum atomic E-state index is -3.69. The Morgan fingerprint density at radius 1 is 1.32 bits per heavy atom. The highest BCUT2D eigenvalue weighted by Crippen LogP contribution is 2.18. The fraction of sp³-hybridized carbons (Fsp3) is 0.294. The number of nitrogen functional groups attached to an aromatic ring is 1. The lowest BCUT2D eigenvalue weighted by molar-refractivity contribution is -0.143. The number of nitriles is 1. The SMILES string of the molecule is CCOC(=O)CCCNS(=O)(=O)c1ccc(Nc2ncc(C#N)c(N)n2)cc1. The summed E-state index contributed by atoms with van der Waals surface area (Å²) in [5.41, 5.74) is 6.34. The summed E-state index contributed by atoms with van der Waals surface area (Å²) in [4.78, 5) is 19.2. The number of nitrogens with zero attached hydrogens (tertiary/aromatic N) is 3. The van der Waals surface area contributed by atoms with Crippen molar-refractivity contribution in [1.29, 1.82) is 5.26 Å². The van der Waals surface area contributed by atoms with Crippen LogP contribution in [0, 0.1) is 11.3 Å². The standard InChI is InChI=1S/C17H20N6O4S/c1-2-27-15(24)4-3-9-21-28(25,26)14-7-5-13(6-8-14)22-17-20-11-12(10-18)16(19)23-17/h5-8,11,21H,2-4,9H2,1H3,(H3,19,20,22,23). The zero-order valence-electron chi connectivity index (χ0n) is 15.2. The van der Waals surface area contributed by atoms with Gasteiger partial charge >= 0.3 is 5.97 Å². The van der Waals surface area contributed by atoms with E-state index in [2.05, 4.69) is 20.0 Å². The smallest absolute Gasteiger partial charge is 0.305 e. The van der Waals surface area contributed by atoms with Gasteiger partial charge in [0.15, 0.2) is 0 Å². The molecular formula is C17H20N6O4S. The molecule has 11 heteroatoms. The first-order chi connectivity index (χ1) is 13.4. The molecule has 0 aliphatic rings. The van der Waals surface area contributed by atoms with E-state index < -0.39 is 10.0 Å². The van der Waals surface area contributed by atoms with Gasteiger partial charge in [0, 0.05) is 18.7 Å². The number of benzene rings is 1. The van der Waals surface area contributed by atoms with Gasteiger partial charge in [-0.05, 0) is 37.6 Å². The normalized spacial score (nSPS) is 10.9. The van der Waals surface area contributed by atoms with Gasteiger partial charge in [0.05, 0.1) is 17.7 Å². The lowest BCUT2D eigenvalue weighted by atomic mass is 10.3. The Bertz CT molecular complexity index is 970. The summed E-state index contributed by atoms with van der Waals surface area (Å²) < 4.78 is 31.8. The maximum Gasteiger partial charge on any atom is 0.305 e. The van der Waals surface area contributed by atoms with Crippen molar-refractivity contribution in [3.05, 3.63) is 36.0 Å². The molecule has 0 fully saturated rings. The molecule has 10 nitrogen and oxygen atoms in total. The number of esters is 1. The minimum absolute atomic E-state index is 0.0474. The van der Waals surface area contributed by atoms with E-state index in [1.807, 2.05) is 6.07 Å². The summed E-state index contributed by atoms with van der Waals surface area (Å²) in [6.45, 7) is 2.13. The number of hydrogen-bond acceptors (Lipinski definition) is 9. The lowest BCUT2D eigenvalue weighted by Crippen LogP contribution is -2.25. The number of nitrogens with one attached hydrogen (secondary N) is 2. The molecule has 148 valence electrons. The van der Waals surface area contributed by atoms with Crippen molar-refractivity contribution in [1.82, 2.24) is 14.7 Å². The van der Waals surface area contributed by atoms with Gasteiger partial charge in [-0.2, -0.15) is 10.2 Å². The van der Waals surface area contributed by atoms with E-state index in [9.17, 15) is 13.2 Å². The third-order valence-corrected chi connectivity index (χ3v) is 4.99. The molecular weight excluding hydrogens is 384 g/mol. The molecule has 0 saturated heterocycles. The molecule has 2 aromatic rings. The van der Waals surface area contributed by atoms with Crippen LogP contribution in [-0.4, -0.2) is 37.5 Å². The number of rotatable bonds is 9. The molecule has 0 atom stereocenters. The van der Waals surface area contributed by atoms with Gasteiger partial charge in [0.25, 0.3) is 0 Å². The average molecular weight is 404 g/mol. The predicted molar refractivity (Wildman–Crippen MR) is 102 cm³/mol. The Balaban J connectivity index is 1.94. The number of ether oxygens (including phenoxy) is 1. The highest BCUT2D eigenvalue weighted by molar-refractivity contribution is 7.89. The summed E-state index contributed by atoms with van der Waals surface area (Å²) in [7, 11) is -3.69. The molecule has 1 aromatic carbocycles. The molecule has 2 rings (SSSR count). The first-order valence-electron chi connectivity index (χ1n) is 8.40. The Morgan fingerprint density at radius 3 is 2.64 bits per heavy atom. The van der Waals surface area contributed by atoms with Gasteiger partial charge in [0.1, 0.15) is 17.5 Å². The second-order valence-electron chi connectivity index (χ2n) is 5.56. The average Bonchev–Trinajstić information content (AvgIpc) is 2.66. The molecule has 28 heavy (non-hydrogen) atoms. The Kier molecular flexibility index (Phi) is 7.25. The number of nitrogens with two attached hydrogens (primary N) is 1. The van der Waals surface area contributed by atoms with Gasteiger partial charge in [-0.25, -0.2) is 18.1 Å². The number of carbonyl (C=O) groups is 1. The van der Waals surface area contributed by atoms with E-state index in [-0.39, 0.29) is 41.2 Å². The Morgan fingerprint density at radius 2 is 2.04 bits per heavy atom. The molecule has 0 spiro atoms. The van der Waals surface area contributed by atoms with Crippen molar-refractivity contribution < 1.29 is 17.9 Å². The number of carbonyl (C=O) groups excluding carboxylic acids is 1. The second-order valence-corrected chi connectivity index (χ2v) is 7.33. The molecule has 4 N–H and O–H groups in total. The molecule has 0 amide bonds. The van der Waals surface area contributed by atoms with Gasteiger partial charge < -0.3 is 15.8 Å². The monoisotopic (exact) mass is 404 g/mol. The van der Waals surface area contributed by atoms with Crippen LogP contribution >= 0.6 is 0 Å². The van der Waals surface area contributed by atoms with Crippen molar-refractivity contribution in [2.75, 3.05) is 24.2 Å². The van der Waals surface area contributed by atoms with Gasteiger partial charge in [0.2, 0.25) is 16.0 Å². The fourth-order valence-corrected chi connectivity index (χ4v) is 3.22. The molecule has 0 aliphatic heterocycles. The maximum atomic E-state index is 12.3. The van der Waals surface area contributed by atoms with Gasteiger partial charge in [-0.15, -0.1) is 0 Å². The lowest BCUT2D eigenvalue weighted by Gasteiger charge is -2.09. The summed E-state index contributed by atoms with van der Waals surface area (Å²) in [6, 6.07) is 7.80. The van der Waals surface area contributed by atoms with Crippen LogP contribution < -0.4 is 15.8 Å². The van der Waals surface area contributed by atoms with Crippen molar-refractivity contribution >= 4 is 33.4 Å². The van der Waals surface area contributed by atoms with Crippen LogP contribution in [0.3, 0.4) is 0 Å². The van der Waals surface area contributed by atoms with Crippen LogP contribution in [0.1, 0.15) is 25.3 Å². The predicted octanol–water partition coefficient (Wildman–Crippen LogP) is 1.30. The number of sulfonamides is 1. The quantitative estimate of drug-likeness (QED) is 0.413. The molecule has 1 heterocycles. The highest BCUT2D eigenvalue weighted by atomic mass is 32.2. The molecule has 0 aliphatic carbocycles. The van der Waals surface area contributed by atoms with Crippen LogP contribution in [-0.2, 0) is 19.6 Å². The minimum Gasteiger partial charge on any atom is -0.466 e. The van der Waals surface area contributed by atoms with Crippen molar-refractivity contribution in [3.63, 3.8) is 0 Å². The van der Waals surface area contributed by atoms with Gasteiger partial charge in [-0.3, -0.25) is 4.79 Å². The molecule has 0 radical (unpaired) electrons. The Labute approximate surface area is 162 Å². The number of aromatic nitrogens is 2. The molecule has 0 saturated carbocycles. The fourth-order valence-electron chi connectivity index (χ4n) is 2.14. The number of anilines is 3. The van der Waals surface area contributed by atoms with E-state index in [4.69, 9.17) is 15.7 Å². The van der Waals surface area contributed by atoms with Crippen molar-refractivity contribution in [2.24, 2.45) is 0 Å². The second kappa shape index (κ2) is 9.63. The molecule has 0 bridgehead atoms. The van der Waals surface area contributed by atoms with Crippen molar-refractivity contribution in [3.8, 4) is 6.07 Å². The topological polar surface area (TPSA) is 160 Å². The van der Waals surface area contributed by atoms with E-state index in [0.29, 0.717) is 18.7 Å². The summed E-state index contributed by atoms with van der Waals surface area (Å²) in [5, 5.41) is 11.7. The highest BCUT2D eigenvalue weighted by Gasteiger charge is 2.14. The summed E-state index contributed by atoms with van der Waals surface area (Å²) in [6.07, 6.45) is 1.78. The van der Waals surface area contributed by atoms with Crippen LogP contribution in [0.25, 0.3) is 0 Å². The van der Waals surface area contributed by atoms with E-state index in [1.54, 1.807) is 19.1 Å². The first-order valence-corrected chi connectivity index (χ1v) is 9.89. The summed E-state index contributed by atoms with van der Waals surface area (Å²) in [5.74, 6) is -0.127. The zero-order valence-corrected chi connectivity index (χ0v) is 16.0. The van der Waals surface area contributed by atoms with Gasteiger partial charge in [-0.1, -0.05) is 0 Å². The zero-order chi connectivity index (χ0) is 20.6. The third kappa shape index (κ3) is 5.90. The maximum absolute atomic E-state index is 12.3. The van der Waals surface area contributed by atoms with Crippen LogP contribution in [0.15, 0.2) is 35.4 Å². The van der Waals surface area contributed by atoms with E-state index in [0.717, 1.165) is 0 Å². The molecule has 1 aromatic heterocycles. The van der Waals surface area contributed by atoms with E-state index in [1.165, 1.54) is 18.3 Å². The number of hydrogen-bond donors (Lipinski definition) is 3. The Hall–Kier alpha value is -3.23. The summed E-state index contributed by atoms with van der Waals surface area (Å²) >= 11 is 0. The molecule has 0 unspecified atom stereocenters. The largest absolute Gasteiger partial charge is 0.466 e. The van der Waals surface area contributed by atoms with Crippen molar-refractivity contribution in [2.45, 2.75) is 24.7 Å². The van der Waals surface area contributed by atoms with Crippen LogP contribution in [0.2, 0.25) is 0 Å².